The number of nitrogens with zero attached hydrogens (tertiary/aromatic N) is 4. The van der Waals surface area contributed by atoms with Crippen LogP contribution in [0.4, 0.5) is 0 Å². The fraction of sp³-hybridized carbons (Fsp3) is 0.0370. The van der Waals surface area contributed by atoms with E-state index in [2.05, 4.69) is 110 Å². The summed E-state index contributed by atoms with van der Waals surface area (Å²) < 4.78 is 7.23. The molecule has 1 aliphatic rings. The van der Waals surface area contributed by atoms with Crippen LogP contribution in [0.3, 0.4) is 0 Å². The van der Waals surface area contributed by atoms with Crippen LogP contribution < -0.4 is 4.57 Å². The maximum Gasteiger partial charge on any atom is 0.297 e. The Kier molecular flexibility index (Phi) is 3.30. The van der Waals surface area contributed by atoms with E-state index in [1.165, 1.54) is 39.0 Å². The number of rotatable bonds is 2. The van der Waals surface area contributed by atoms with Crippen molar-refractivity contribution < 1.29 is 4.57 Å². The molecule has 0 spiro atoms. The fourth-order valence-corrected chi connectivity index (χ4v) is 5.03. The Morgan fingerprint density at radius 1 is 0.710 bits per heavy atom. The fourth-order valence-electron chi connectivity index (χ4n) is 5.03. The summed E-state index contributed by atoms with van der Waals surface area (Å²) in [6.07, 6.45) is 3.88. The van der Waals surface area contributed by atoms with Crippen LogP contribution in [0, 0.1) is 0 Å². The van der Waals surface area contributed by atoms with Gasteiger partial charge in [0, 0.05) is 23.6 Å². The third-order valence-electron chi connectivity index (χ3n) is 6.28. The van der Waals surface area contributed by atoms with E-state index in [0.29, 0.717) is 0 Å². The van der Waals surface area contributed by atoms with E-state index in [9.17, 15) is 0 Å². The van der Waals surface area contributed by atoms with Gasteiger partial charge in [0.05, 0.1) is 16.5 Å². The number of para-hydroxylation sites is 2. The Labute approximate surface area is 179 Å². The molecule has 3 aromatic carbocycles. The highest BCUT2D eigenvalue weighted by atomic mass is 15.3. The van der Waals surface area contributed by atoms with Gasteiger partial charge in [0.15, 0.2) is 0 Å². The highest BCUT2D eigenvalue weighted by Crippen LogP contribution is 2.39. The predicted molar refractivity (Wildman–Crippen MR) is 123 cm³/mol. The Bertz CT molecular complexity index is 1590. The van der Waals surface area contributed by atoms with E-state index < -0.39 is 0 Å². The molecule has 6 aromatic rings. The smallest absolute Gasteiger partial charge is 0.273 e. The zero-order valence-corrected chi connectivity index (χ0v) is 16.8. The van der Waals surface area contributed by atoms with E-state index in [4.69, 9.17) is 0 Å². The van der Waals surface area contributed by atoms with Crippen LogP contribution in [0.2, 0.25) is 0 Å². The molecule has 4 heteroatoms. The summed E-state index contributed by atoms with van der Waals surface area (Å²) in [6.45, 7) is 0.866. The average Bonchev–Trinajstić information content (AvgIpc) is 3.46. The topological polar surface area (TPSA) is 26.6 Å². The van der Waals surface area contributed by atoms with Crippen molar-refractivity contribution in [3.8, 4) is 22.8 Å². The minimum atomic E-state index is 0.866. The molecule has 0 unspecified atom stereocenters. The van der Waals surface area contributed by atoms with Crippen molar-refractivity contribution >= 4 is 22.1 Å². The molecule has 0 amide bonds. The lowest BCUT2D eigenvalue weighted by atomic mass is 10.1. The summed E-state index contributed by atoms with van der Waals surface area (Å²) in [6, 6.07) is 32.1. The molecule has 0 aliphatic carbocycles. The van der Waals surface area contributed by atoms with Gasteiger partial charge in [0.1, 0.15) is 12.2 Å². The normalized spacial score (nSPS) is 12.4. The molecule has 146 valence electrons. The number of aromatic nitrogens is 4. The number of hydrogen-bond acceptors (Lipinski definition) is 1. The zero-order chi connectivity index (χ0) is 20.4. The standard InChI is InChI=1S/C27H19N4/c1-3-10-20(11-4-1)30-24-15-16-28-17-23(24)25-27(30)31(21-12-5-2-6-13-21)26-22-14-8-7-9-19(22)18-29(25)26/h1-17H,18H2/q+1. The van der Waals surface area contributed by atoms with Gasteiger partial charge >= 0.3 is 0 Å². The summed E-state index contributed by atoms with van der Waals surface area (Å²) in [7, 11) is 0. The van der Waals surface area contributed by atoms with Crippen molar-refractivity contribution in [2.24, 2.45) is 0 Å². The van der Waals surface area contributed by atoms with E-state index in [1.54, 1.807) is 0 Å². The lowest BCUT2D eigenvalue weighted by molar-refractivity contribution is -0.645. The van der Waals surface area contributed by atoms with Crippen molar-refractivity contribution in [2.75, 3.05) is 0 Å². The van der Waals surface area contributed by atoms with Crippen LogP contribution in [-0.2, 0) is 6.54 Å². The Morgan fingerprint density at radius 3 is 2.16 bits per heavy atom. The number of benzene rings is 3. The van der Waals surface area contributed by atoms with E-state index in [-0.39, 0.29) is 0 Å². The minimum absolute atomic E-state index is 0.866. The molecule has 0 saturated heterocycles. The van der Waals surface area contributed by atoms with Gasteiger partial charge in [-0.25, -0.2) is 4.57 Å². The summed E-state index contributed by atoms with van der Waals surface area (Å²) >= 11 is 0. The second-order valence-corrected chi connectivity index (χ2v) is 7.97. The van der Waals surface area contributed by atoms with Crippen LogP contribution in [0.5, 0.6) is 0 Å². The number of hydrogen-bond donors (Lipinski definition) is 0. The Morgan fingerprint density at radius 2 is 1.39 bits per heavy atom. The quantitative estimate of drug-likeness (QED) is 0.363. The van der Waals surface area contributed by atoms with Gasteiger partial charge in [0.25, 0.3) is 11.5 Å². The van der Waals surface area contributed by atoms with Gasteiger partial charge in [-0.3, -0.25) is 9.55 Å². The highest BCUT2D eigenvalue weighted by molar-refractivity contribution is 6.05. The van der Waals surface area contributed by atoms with Crippen LogP contribution in [0.25, 0.3) is 44.8 Å². The monoisotopic (exact) mass is 399 g/mol. The largest absolute Gasteiger partial charge is 0.297 e. The summed E-state index contributed by atoms with van der Waals surface area (Å²) in [5.74, 6) is 1.22. The van der Waals surface area contributed by atoms with Gasteiger partial charge in [-0.15, -0.1) is 0 Å². The predicted octanol–water partition coefficient (Wildman–Crippen LogP) is 5.29. The molecule has 0 bridgehead atoms. The molecule has 4 nitrogen and oxygen atoms in total. The molecule has 1 aliphatic heterocycles. The highest BCUT2D eigenvalue weighted by Gasteiger charge is 2.38. The maximum absolute atomic E-state index is 4.49. The molecule has 3 aromatic heterocycles. The van der Waals surface area contributed by atoms with Crippen molar-refractivity contribution in [2.45, 2.75) is 6.54 Å². The molecule has 7 rings (SSSR count). The number of imidazole rings is 1. The maximum atomic E-state index is 4.49. The van der Waals surface area contributed by atoms with E-state index in [0.717, 1.165) is 17.9 Å². The Balaban J connectivity index is 1.74. The van der Waals surface area contributed by atoms with Crippen molar-refractivity contribution in [3.63, 3.8) is 0 Å². The van der Waals surface area contributed by atoms with Gasteiger partial charge in [0.2, 0.25) is 5.52 Å². The molecule has 31 heavy (non-hydrogen) atoms. The van der Waals surface area contributed by atoms with E-state index >= 15 is 0 Å². The first-order chi connectivity index (χ1) is 15.4. The van der Waals surface area contributed by atoms with Crippen LogP contribution in [0.1, 0.15) is 5.56 Å². The average molecular weight is 399 g/mol. The lowest BCUT2D eigenvalue weighted by Gasteiger charge is -2.08. The molecule has 0 N–H and O–H groups in total. The lowest BCUT2D eigenvalue weighted by Crippen LogP contribution is -2.31. The second kappa shape index (κ2) is 6.16. The van der Waals surface area contributed by atoms with Crippen molar-refractivity contribution in [1.29, 1.82) is 0 Å². The molecule has 0 fully saturated rings. The first-order valence-electron chi connectivity index (χ1n) is 10.5. The molecular weight excluding hydrogens is 380 g/mol. The first kappa shape index (κ1) is 16.6. The SMILES string of the molecule is c1ccc(-n2c3[n+](c4c5cnccc5n(-c5ccccc5)c42)Cc2ccccc2-3)cc1. The third-order valence-corrected chi connectivity index (χ3v) is 6.28. The molecule has 0 atom stereocenters. The summed E-state index contributed by atoms with van der Waals surface area (Å²) in [4.78, 5) is 4.49. The number of fused-ring (bicyclic) bond motifs is 7. The van der Waals surface area contributed by atoms with E-state index in [1.807, 2.05) is 12.4 Å². The Hall–Kier alpha value is -4.18. The van der Waals surface area contributed by atoms with Crippen LogP contribution in [0.15, 0.2) is 103 Å². The summed E-state index contributed by atoms with van der Waals surface area (Å²) in [5, 5.41) is 1.17. The van der Waals surface area contributed by atoms with Crippen molar-refractivity contribution in [3.05, 3.63) is 109 Å². The molecule has 0 saturated carbocycles. The van der Waals surface area contributed by atoms with Gasteiger partial charge in [-0.1, -0.05) is 54.6 Å². The van der Waals surface area contributed by atoms with Gasteiger partial charge in [-0.2, -0.15) is 4.57 Å². The minimum Gasteiger partial charge on any atom is -0.273 e. The van der Waals surface area contributed by atoms with Crippen LogP contribution >= 0.6 is 0 Å². The van der Waals surface area contributed by atoms with Crippen LogP contribution in [-0.4, -0.2) is 14.1 Å². The zero-order valence-electron chi connectivity index (χ0n) is 16.8. The molecular formula is C27H19N4+. The first-order valence-corrected chi connectivity index (χ1v) is 10.5. The number of pyridine rings is 1. The molecule has 0 radical (unpaired) electrons. The third kappa shape index (κ3) is 2.19. The van der Waals surface area contributed by atoms with Gasteiger partial charge in [-0.05, 0) is 36.4 Å². The van der Waals surface area contributed by atoms with Crippen molar-refractivity contribution in [1.82, 2.24) is 14.1 Å². The summed E-state index contributed by atoms with van der Waals surface area (Å²) in [5.41, 5.74) is 8.52. The molecule has 4 heterocycles. The second-order valence-electron chi connectivity index (χ2n) is 7.97. The van der Waals surface area contributed by atoms with Gasteiger partial charge < -0.3 is 0 Å².